The molecule has 0 radical (unpaired) electrons. The van der Waals surface area contributed by atoms with Crippen molar-refractivity contribution in [1.29, 1.82) is 0 Å². The molecule has 0 spiro atoms. The lowest BCUT2D eigenvalue weighted by Crippen LogP contribution is -2.23. The fourth-order valence-corrected chi connectivity index (χ4v) is 2.53. The third-order valence-corrected chi connectivity index (χ3v) is 3.88. The van der Waals surface area contributed by atoms with Crippen molar-refractivity contribution in [3.63, 3.8) is 0 Å². The van der Waals surface area contributed by atoms with E-state index in [1.165, 1.54) is 5.56 Å². The van der Waals surface area contributed by atoms with E-state index in [1.807, 2.05) is 74.6 Å². The average Bonchev–Trinajstić information content (AvgIpc) is 2.96. The summed E-state index contributed by atoms with van der Waals surface area (Å²) >= 11 is 0. The molecule has 1 N–H and O–H groups in total. The molecule has 0 aliphatic heterocycles. The summed E-state index contributed by atoms with van der Waals surface area (Å²) in [6.07, 6.45) is 0. The molecule has 1 amide bonds. The monoisotopic (exact) mass is 305 g/mol. The van der Waals surface area contributed by atoms with Gasteiger partial charge in [0.25, 0.3) is 5.91 Å². The normalized spacial score (nSPS) is 10.5. The molecule has 0 aliphatic rings. The van der Waals surface area contributed by atoms with Gasteiger partial charge in [-0.1, -0.05) is 54.6 Å². The third kappa shape index (κ3) is 3.31. The van der Waals surface area contributed by atoms with Crippen molar-refractivity contribution in [2.24, 2.45) is 7.05 Å². The Labute approximate surface area is 135 Å². The van der Waals surface area contributed by atoms with E-state index in [2.05, 4.69) is 10.4 Å². The van der Waals surface area contributed by atoms with Crippen molar-refractivity contribution < 1.29 is 4.79 Å². The van der Waals surface area contributed by atoms with E-state index in [1.54, 1.807) is 4.68 Å². The van der Waals surface area contributed by atoms with Gasteiger partial charge >= 0.3 is 0 Å². The smallest absolute Gasteiger partial charge is 0.272 e. The van der Waals surface area contributed by atoms with Gasteiger partial charge in [0.15, 0.2) is 5.69 Å². The SMILES string of the molecule is Cc1ccccc1CNC(=O)c1cc(-c2ccccc2)n(C)n1. The molecule has 0 saturated heterocycles. The summed E-state index contributed by atoms with van der Waals surface area (Å²) in [4.78, 5) is 12.3. The van der Waals surface area contributed by atoms with E-state index in [-0.39, 0.29) is 5.91 Å². The zero-order valence-corrected chi connectivity index (χ0v) is 13.3. The highest BCUT2D eigenvalue weighted by Crippen LogP contribution is 2.19. The number of rotatable bonds is 4. The van der Waals surface area contributed by atoms with Crippen molar-refractivity contribution >= 4 is 5.91 Å². The summed E-state index contributed by atoms with van der Waals surface area (Å²) in [6, 6.07) is 19.8. The highest BCUT2D eigenvalue weighted by Gasteiger charge is 2.13. The highest BCUT2D eigenvalue weighted by atomic mass is 16.1. The Bertz CT molecular complexity index is 822. The summed E-state index contributed by atoms with van der Waals surface area (Å²) in [7, 11) is 1.85. The lowest BCUT2D eigenvalue weighted by molar-refractivity contribution is 0.0945. The first kappa shape index (κ1) is 15.0. The van der Waals surface area contributed by atoms with Gasteiger partial charge in [-0.05, 0) is 29.7 Å². The minimum atomic E-state index is -0.161. The highest BCUT2D eigenvalue weighted by molar-refractivity contribution is 5.93. The summed E-state index contributed by atoms with van der Waals surface area (Å²) in [5.74, 6) is -0.161. The number of amides is 1. The minimum absolute atomic E-state index is 0.161. The molecular formula is C19H19N3O. The standard InChI is InChI=1S/C19H19N3O/c1-14-8-6-7-11-16(14)13-20-19(23)17-12-18(22(2)21-17)15-9-4-3-5-10-15/h3-12H,13H2,1-2H3,(H,20,23). The van der Waals surface area contributed by atoms with Gasteiger partial charge in [-0.3, -0.25) is 9.48 Å². The second kappa shape index (κ2) is 6.48. The molecule has 2 aromatic carbocycles. The zero-order valence-electron chi connectivity index (χ0n) is 13.3. The number of carbonyl (C=O) groups excluding carboxylic acids is 1. The Balaban J connectivity index is 1.75. The fraction of sp³-hybridized carbons (Fsp3) is 0.158. The van der Waals surface area contributed by atoms with Crippen molar-refractivity contribution in [1.82, 2.24) is 15.1 Å². The van der Waals surface area contributed by atoms with E-state index in [4.69, 9.17) is 0 Å². The van der Waals surface area contributed by atoms with Crippen LogP contribution in [0.15, 0.2) is 60.7 Å². The quantitative estimate of drug-likeness (QED) is 0.803. The van der Waals surface area contributed by atoms with Crippen LogP contribution in [0.1, 0.15) is 21.6 Å². The summed E-state index contributed by atoms with van der Waals surface area (Å²) in [6.45, 7) is 2.54. The van der Waals surface area contributed by atoms with Crippen LogP contribution in [0.2, 0.25) is 0 Å². The molecule has 0 unspecified atom stereocenters. The number of benzene rings is 2. The molecule has 0 bridgehead atoms. The molecule has 0 fully saturated rings. The maximum Gasteiger partial charge on any atom is 0.272 e. The molecule has 1 heterocycles. The second-order valence-electron chi connectivity index (χ2n) is 5.51. The largest absolute Gasteiger partial charge is 0.347 e. The van der Waals surface area contributed by atoms with Crippen LogP contribution in [-0.4, -0.2) is 15.7 Å². The van der Waals surface area contributed by atoms with Gasteiger partial charge in [0.05, 0.1) is 5.69 Å². The van der Waals surface area contributed by atoms with Gasteiger partial charge in [0.2, 0.25) is 0 Å². The van der Waals surface area contributed by atoms with Gasteiger partial charge < -0.3 is 5.32 Å². The van der Waals surface area contributed by atoms with Gasteiger partial charge in [0.1, 0.15) is 0 Å². The predicted molar refractivity (Wildman–Crippen MR) is 91.0 cm³/mol. The minimum Gasteiger partial charge on any atom is -0.347 e. The number of hydrogen-bond donors (Lipinski definition) is 1. The fourth-order valence-electron chi connectivity index (χ4n) is 2.53. The molecule has 4 nitrogen and oxygen atoms in total. The second-order valence-corrected chi connectivity index (χ2v) is 5.51. The lowest BCUT2D eigenvalue weighted by atomic mass is 10.1. The van der Waals surface area contributed by atoms with Crippen molar-refractivity contribution in [2.75, 3.05) is 0 Å². The Kier molecular flexibility index (Phi) is 4.24. The van der Waals surface area contributed by atoms with Crippen LogP contribution >= 0.6 is 0 Å². The van der Waals surface area contributed by atoms with Gasteiger partial charge in [-0.2, -0.15) is 5.10 Å². The van der Waals surface area contributed by atoms with Crippen molar-refractivity contribution in [3.8, 4) is 11.3 Å². The van der Waals surface area contributed by atoms with E-state index in [0.29, 0.717) is 12.2 Å². The molecule has 23 heavy (non-hydrogen) atoms. The molecule has 116 valence electrons. The topological polar surface area (TPSA) is 46.9 Å². The summed E-state index contributed by atoms with van der Waals surface area (Å²) in [5, 5.41) is 7.26. The Hall–Kier alpha value is -2.88. The van der Waals surface area contributed by atoms with Crippen molar-refractivity contribution in [2.45, 2.75) is 13.5 Å². The number of hydrogen-bond acceptors (Lipinski definition) is 2. The van der Waals surface area contributed by atoms with Crippen LogP contribution in [0.3, 0.4) is 0 Å². The molecule has 0 aliphatic carbocycles. The van der Waals surface area contributed by atoms with Crippen molar-refractivity contribution in [3.05, 3.63) is 77.5 Å². The number of carbonyl (C=O) groups is 1. The Morgan fingerprint density at radius 1 is 1.09 bits per heavy atom. The van der Waals surface area contributed by atoms with E-state index in [9.17, 15) is 4.79 Å². The number of aromatic nitrogens is 2. The number of nitrogens with zero attached hydrogens (tertiary/aromatic N) is 2. The molecule has 0 atom stereocenters. The maximum absolute atomic E-state index is 12.3. The average molecular weight is 305 g/mol. The maximum atomic E-state index is 12.3. The van der Waals surface area contributed by atoms with Gasteiger partial charge in [-0.25, -0.2) is 0 Å². The zero-order chi connectivity index (χ0) is 16.2. The number of aryl methyl sites for hydroxylation is 2. The Morgan fingerprint density at radius 2 is 1.78 bits per heavy atom. The molecule has 4 heteroatoms. The predicted octanol–water partition coefficient (Wildman–Crippen LogP) is 3.33. The van der Waals surface area contributed by atoms with Crippen LogP contribution < -0.4 is 5.32 Å². The van der Waals surface area contributed by atoms with Crippen LogP contribution in [0.5, 0.6) is 0 Å². The molecule has 3 rings (SSSR count). The molecule has 1 aromatic heterocycles. The first-order valence-corrected chi connectivity index (χ1v) is 7.57. The summed E-state index contributed by atoms with van der Waals surface area (Å²) in [5.41, 5.74) is 4.67. The molecule has 0 saturated carbocycles. The lowest BCUT2D eigenvalue weighted by Gasteiger charge is -2.06. The Morgan fingerprint density at radius 3 is 2.52 bits per heavy atom. The first-order chi connectivity index (χ1) is 11.1. The van der Waals surface area contributed by atoms with E-state index < -0.39 is 0 Å². The third-order valence-electron chi connectivity index (χ3n) is 3.88. The van der Waals surface area contributed by atoms with E-state index in [0.717, 1.165) is 16.8 Å². The molecular weight excluding hydrogens is 286 g/mol. The number of nitrogens with one attached hydrogen (secondary N) is 1. The van der Waals surface area contributed by atoms with Gasteiger partial charge in [-0.15, -0.1) is 0 Å². The van der Waals surface area contributed by atoms with Crippen LogP contribution in [-0.2, 0) is 13.6 Å². The van der Waals surface area contributed by atoms with Crippen LogP contribution in [0.25, 0.3) is 11.3 Å². The van der Waals surface area contributed by atoms with Crippen LogP contribution in [0, 0.1) is 6.92 Å². The first-order valence-electron chi connectivity index (χ1n) is 7.57. The molecule has 3 aromatic rings. The van der Waals surface area contributed by atoms with Gasteiger partial charge in [0, 0.05) is 13.6 Å². The summed E-state index contributed by atoms with van der Waals surface area (Å²) < 4.78 is 1.73. The van der Waals surface area contributed by atoms with E-state index >= 15 is 0 Å². The van der Waals surface area contributed by atoms with Crippen LogP contribution in [0.4, 0.5) is 0 Å².